The maximum Gasteiger partial charge on any atom is 0.411 e. The Morgan fingerprint density at radius 3 is 2.38 bits per heavy atom. The molecule has 1 heterocycles. The molecule has 0 radical (unpaired) electrons. The van der Waals surface area contributed by atoms with Crippen molar-refractivity contribution in [2.45, 2.75) is 26.1 Å². The zero-order chi connectivity index (χ0) is 12.2. The highest BCUT2D eigenvalue weighted by Crippen LogP contribution is 2.15. The Bertz CT molecular complexity index is 356. The van der Waals surface area contributed by atoms with E-state index in [1.807, 2.05) is 0 Å². The maximum atomic E-state index is 11.8. The average Bonchev–Trinajstić information content (AvgIpc) is 2.14. The van der Waals surface area contributed by atoms with Crippen molar-refractivity contribution in [3.8, 4) is 0 Å². The third kappa shape index (κ3) is 4.39. The van der Waals surface area contributed by atoms with Crippen LogP contribution in [0.4, 0.5) is 19.1 Å². The number of hydrogen-bond acceptors (Lipinski definition) is 5. The first-order chi connectivity index (χ1) is 7.40. The summed E-state index contributed by atoms with van der Waals surface area (Å²) in [6.45, 7) is 0.133. The van der Waals surface area contributed by atoms with Crippen molar-refractivity contribution in [3.05, 3.63) is 11.6 Å². The molecule has 0 bridgehead atoms. The lowest BCUT2D eigenvalue weighted by Gasteiger charge is -2.07. The van der Waals surface area contributed by atoms with Gasteiger partial charge in [-0.2, -0.15) is 23.1 Å². The number of aromatic nitrogens is 3. The molecule has 16 heavy (non-hydrogen) atoms. The molecular formula is C8H11F3N4O. The van der Waals surface area contributed by atoms with Gasteiger partial charge in [-0.05, 0) is 0 Å². The van der Waals surface area contributed by atoms with E-state index in [1.54, 1.807) is 6.92 Å². The molecule has 0 amide bonds. The van der Waals surface area contributed by atoms with Crippen LogP contribution in [0.2, 0.25) is 0 Å². The Kier molecular flexibility index (Phi) is 3.99. The van der Waals surface area contributed by atoms with E-state index in [1.165, 1.54) is 0 Å². The van der Waals surface area contributed by atoms with Gasteiger partial charge in [-0.25, -0.2) is 4.98 Å². The fourth-order valence-electron chi connectivity index (χ4n) is 0.969. The molecule has 1 aromatic rings. The summed E-state index contributed by atoms with van der Waals surface area (Å²) >= 11 is 0. The predicted octanol–water partition coefficient (Wildman–Crippen LogP) is 1.10. The first-order valence-electron chi connectivity index (χ1n) is 4.54. The van der Waals surface area contributed by atoms with Crippen molar-refractivity contribution in [1.29, 1.82) is 0 Å². The van der Waals surface area contributed by atoms with Crippen molar-refractivity contribution in [2.24, 2.45) is 0 Å². The molecule has 0 aliphatic carbocycles. The standard InChI is InChI=1S/C8H11F3N4O/c1-2-5-13-6(15-7(12)14-5)3-16-4-8(9,10)11/h2-4H2,1H3,(H2,12,13,14,15). The SMILES string of the molecule is CCc1nc(N)nc(COCC(F)(F)F)n1. The molecule has 0 saturated heterocycles. The van der Waals surface area contributed by atoms with Gasteiger partial charge in [0.1, 0.15) is 19.0 Å². The summed E-state index contributed by atoms with van der Waals surface area (Å²) in [4.78, 5) is 11.3. The number of hydrogen-bond donors (Lipinski definition) is 1. The number of anilines is 1. The minimum absolute atomic E-state index is 0.0162. The third-order valence-electron chi connectivity index (χ3n) is 1.56. The van der Waals surface area contributed by atoms with Gasteiger partial charge in [-0.3, -0.25) is 0 Å². The van der Waals surface area contributed by atoms with Crippen LogP contribution in [-0.2, 0) is 17.8 Å². The second kappa shape index (κ2) is 5.06. The molecule has 0 atom stereocenters. The minimum atomic E-state index is -4.35. The highest BCUT2D eigenvalue weighted by atomic mass is 19.4. The zero-order valence-electron chi connectivity index (χ0n) is 8.58. The molecule has 0 saturated carbocycles. The summed E-state index contributed by atoms with van der Waals surface area (Å²) in [5.41, 5.74) is 5.35. The molecule has 0 aromatic carbocycles. The Morgan fingerprint density at radius 1 is 1.19 bits per heavy atom. The summed E-state index contributed by atoms with van der Waals surface area (Å²) < 4.78 is 39.7. The van der Waals surface area contributed by atoms with E-state index in [-0.39, 0.29) is 18.4 Å². The van der Waals surface area contributed by atoms with Gasteiger partial charge in [0.2, 0.25) is 5.95 Å². The highest BCUT2D eigenvalue weighted by molar-refractivity contribution is 5.15. The van der Waals surface area contributed by atoms with Gasteiger partial charge < -0.3 is 10.5 Å². The van der Waals surface area contributed by atoms with Crippen LogP contribution in [0.15, 0.2) is 0 Å². The van der Waals surface area contributed by atoms with Crippen LogP contribution in [0.25, 0.3) is 0 Å². The number of ether oxygens (including phenoxy) is 1. The second-order valence-electron chi connectivity index (χ2n) is 2.99. The quantitative estimate of drug-likeness (QED) is 0.847. The Balaban J connectivity index is 2.57. The van der Waals surface area contributed by atoms with Crippen LogP contribution in [0.5, 0.6) is 0 Å². The lowest BCUT2D eigenvalue weighted by atomic mass is 10.4. The van der Waals surface area contributed by atoms with E-state index in [0.717, 1.165) is 0 Å². The maximum absolute atomic E-state index is 11.8. The van der Waals surface area contributed by atoms with Crippen LogP contribution in [0.3, 0.4) is 0 Å². The number of nitrogens with zero attached hydrogens (tertiary/aromatic N) is 3. The summed E-state index contributed by atoms with van der Waals surface area (Å²) in [5, 5.41) is 0. The van der Waals surface area contributed by atoms with Crippen molar-refractivity contribution in [2.75, 3.05) is 12.3 Å². The minimum Gasteiger partial charge on any atom is -0.368 e. The molecule has 1 aromatic heterocycles. The van der Waals surface area contributed by atoms with Crippen molar-refractivity contribution in [3.63, 3.8) is 0 Å². The molecule has 0 aliphatic heterocycles. The topological polar surface area (TPSA) is 73.9 Å². The fraction of sp³-hybridized carbons (Fsp3) is 0.625. The Labute approximate surface area is 89.9 Å². The Hall–Kier alpha value is -1.44. The lowest BCUT2D eigenvalue weighted by molar-refractivity contribution is -0.177. The van der Waals surface area contributed by atoms with Crippen molar-refractivity contribution < 1.29 is 17.9 Å². The summed E-state index contributed by atoms with van der Waals surface area (Å²) in [6.07, 6.45) is -3.83. The van der Waals surface area contributed by atoms with Crippen LogP contribution in [0.1, 0.15) is 18.6 Å². The predicted molar refractivity (Wildman–Crippen MR) is 49.3 cm³/mol. The van der Waals surface area contributed by atoms with Crippen LogP contribution < -0.4 is 5.73 Å². The van der Waals surface area contributed by atoms with E-state index in [2.05, 4.69) is 19.7 Å². The number of alkyl halides is 3. The molecule has 1 rings (SSSR count). The molecule has 0 aliphatic rings. The highest BCUT2D eigenvalue weighted by Gasteiger charge is 2.27. The van der Waals surface area contributed by atoms with Gasteiger partial charge in [-0.1, -0.05) is 6.92 Å². The number of aryl methyl sites for hydroxylation is 1. The van der Waals surface area contributed by atoms with E-state index >= 15 is 0 Å². The fourth-order valence-corrected chi connectivity index (χ4v) is 0.969. The van der Waals surface area contributed by atoms with Crippen LogP contribution in [-0.4, -0.2) is 27.7 Å². The smallest absolute Gasteiger partial charge is 0.368 e. The van der Waals surface area contributed by atoms with E-state index in [4.69, 9.17) is 5.73 Å². The van der Waals surface area contributed by atoms with E-state index in [9.17, 15) is 13.2 Å². The average molecular weight is 236 g/mol. The van der Waals surface area contributed by atoms with Gasteiger partial charge in [0.05, 0.1) is 0 Å². The first kappa shape index (κ1) is 12.6. The molecule has 90 valence electrons. The largest absolute Gasteiger partial charge is 0.411 e. The summed E-state index contributed by atoms with van der Waals surface area (Å²) in [5.74, 6) is 0.518. The molecule has 0 fully saturated rings. The van der Waals surface area contributed by atoms with Crippen molar-refractivity contribution in [1.82, 2.24) is 15.0 Å². The zero-order valence-corrected chi connectivity index (χ0v) is 8.58. The summed E-state index contributed by atoms with van der Waals surface area (Å²) in [7, 11) is 0. The number of rotatable bonds is 4. The third-order valence-corrected chi connectivity index (χ3v) is 1.56. The van der Waals surface area contributed by atoms with E-state index in [0.29, 0.717) is 12.2 Å². The van der Waals surface area contributed by atoms with Gasteiger partial charge >= 0.3 is 6.18 Å². The number of nitrogen functional groups attached to an aromatic ring is 1. The number of nitrogens with two attached hydrogens (primary N) is 1. The molecule has 5 nitrogen and oxygen atoms in total. The van der Waals surface area contributed by atoms with E-state index < -0.39 is 12.8 Å². The van der Waals surface area contributed by atoms with Gasteiger partial charge in [0, 0.05) is 6.42 Å². The van der Waals surface area contributed by atoms with Crippen LogP contribution in [0, 0.1) is 0 Å². The van der Waals surface area contributed by atoms with Gasteiger partial charge in [0.15, 0.2) is 5.82 Å². The molecule has 0 spiro atoms. The number of halogens is 3. The van der Waals surface area contributed by atoms with Gasteiger partial charge in [0.25, 0.3) is 0 Å². The molecule has 0 unspecified atom stereocenters. The van der Waals surface area contributed by atoms with Gasteiger partial charge in [-0.15, -0.1) is 0 Å². The van der Waals surface area contributed by atoms with Crippen LogP contribution >= 0.6 is 0 Å². The molecule has 2 N–H and O–H groups in total. The van der Waals surface area contributed by atoms with Crippen molar-refractivity contribution >= 4 is 5.95 Å². The second-order valence-corrected chi connectivity index (χ2v) is 2.99. The first-order valence-corrected chi connectivity index (χ1v) is 4.54. The lowest BCUT2D eigenvalue weighted by Crippen LogP contribution is -2.18. The Morgan fingerprint density at radius 2 is 1.81 bits per heavy atom. The monoisotopic (exact) mass is 236 g/mol. The molecule has 8 heteroatoms. The molecular weight excluding hydrogens is 225 g/mol. The summed E-state index contributed by atoms with van der Waals surface area (Å²) in [6, 6.07) is 0. The normalized spacial score (nSPS) is 11.8.